The van der Waals surface area contributed by atoms with Crippen LogP contribution in [-0.4, -0.2) is 17.7 Å². The summed E-state index contributed by atoms with van der Waals surface area (Å²) < 4.78 is 9.23. The maximum Gasteiger partial charge on any atom is 0.514 e. The van der Waals surface area contributed by atoms with Crippen molar-refractivity contribution in [2.45, 2.75) is 13.8 Å². The van der Waals surface area contributed by atoms with E-state index in [0.29, 0.717) is 5.56 Å². The fourth-order valence-corrected chi connectivity index (χ4v) is 1.09. The van der Waals surface area contributed by atoms with Gasteiger partial charge in [0.05, 0.1) is 11.5 Å². The van der Waals surface area contributed by atoms with Gasteiger partial charge in [0.1, 0.15) is 0 Å². The van der Waals surface area contributed by atoms with E-state index in [1.54, 1.807) is 19.9 Å². The highest BCUT2D eigenvalue weighted by atomic mass is 16.7. The number of rotatable bonds is 3. The molecule has 0 saturated carbocycles. The van der Waals surface area contributed by atoms with E-state index in [4.69, 9.17) is 4.74 Å². The van der Waals surface area contributed by atoms with Crippen LogP contribution in [0.3, 0.4) is 0 Å². The zero-order valence-corrected chi connectivity index (χ0v) is 8.93. The van der Waals surface area contributed by atoms with Crippen LogP contribution in [0.2, 0.25) is 0 Å². The molecule has 0 atom stereocenters. The largest absolute Gasteiger partial charge is 0.514 e. The number of nitrogens with zero attached hydrogens (tertiary/aromatic N) is 1. The average molecular weight is 225 g/mol. The third kappa shape index (κ3) is 2.94. The molecule has 0 unspecified atom stereocenters. The highest BCUT2D eigenvalue weighted by Crippen LogP contribution is 2.27. The molecule has 86 valence electrons. The van der Waals surface area contributed by atoms with Crippen LogP contribution in [0.5, 0.6) is 5.75 Å². The van der Waals surface area contributed by atoms with Crippen LogP contribution in [-0.2, 0) is 4.74 Å². The molecule has 6 heteroatoms. The molecule has 1 rings (SSSR count). The Labute approximate surface area is 91.9 Å². The van der Waals surface area contributed by atoms with Crippen LogP contribution in [0, 0.1) is 17.0 Å². The lowest BCUT2D eigenvalue weighted by atomic mass is 10.2. The molecule has 0 radical (unpaired) electrons. The molecule has 1 aromatic carbocycles. The smallest absolute Gasteiger partial charge is 0.434 e. The molecule has 6 nitrogen and oxygen atoms in total. The molecule has 0 heterocycles. The molecule has 0 aromatic heterocycles. The Morgan fingerprint density at radius 3 is 2.75 bits per heavy atom. The molecule has 0 amide bonds. The number of carbonyl (C=O) groups is 1. The summed E-state index contributed by atoms with van der Waals surface area (Å²) >= 11 is 0. The van der Waals surface area contributed by atoms with Gasteiger partial charge in [-0.1, -0.05) is 6.07 Å². The molecule has 0 aliphatic rings. The Morgan fingerprint density at radius 1 is 1.50 bits per heavy atom. The van der Waals surface area contributed by atoms with E-state index in [1.807, 2.05) is 0 Å². The number of aryl methyl sites for hydroxylation is 1. The van der Waals surface area contributed by atoms with Crippen molar-refractivity contribution in [3.05, 3.63) is 33.9 Å². The van der Waals surface area contributed by atoms with Gasteiger partial charge in [0.2, 0.25) is 5.75 Å². The van der Waals surface area contributed by atoms with Crippen molar-refractivity contribution in [1.82, 2.24) is 0 Å². The molecule has 0 bridgehead atoms. The van der Waals surface area contributed by atoms with Crippen LogP contribution >= 0.6 is 0 Å². The summed E-state index contributed by atoms with van der Waals surface area (Å²) in [4.78, 5) is 21.1. The number of nitro groups is 1. The second-order valence-corrected chi connectivity index (χ2v) is 3.01. The zero-order valence-electron chi connectivity index (χ0n) is 8.93. The molecule has 0 fully saturated rings. The van der Waals surface area contributed by atoms with E-state index < -0.39 is 11.1 Å². The first kappa shape index (κ1) is 12.0. The zero-order chi connectivity index (χ0) is 12.1. The van der Waals surface area contributed by atoms with Gasteiger partial charge in [-0.3, -0.25) is 10.1 Å². The second-order valence-electron chi connectivity index (χ2n) is 3.01. The summed E-state index contributed by atoms with van der Waals surface area (Å²) in [5, 5.41) is 10.7. The number of hydrogen-bond acceptors (Lipinski definition) is 5. The van der Waals surface area contributed by atoms with Crippen molar-refractivity contribution in [3.8, 4) is 5.75 Å². The van der Waals surface area contributed by atoms with Crippen LogP contribution in [0.25, 0.3) is 0 Å². The van der Waals surface area contributed by atoms with Gasteiger partial charge in [-0.2, -0.15) is 0 Å². The molecule has 1 aromatic rings. The SMILES string of the molecule is CCOC(=O)Oc1ccc(C)cc1[N+](=O)[O-]. The lowest BCUT2D eigenvalue weighted by Gasteiger charge is -2.04. The van der Waals surface area contributed by atoms with Crippen molar-refractivity contribution < 1.29 is 19.2 Å². The molecular formula is C10H11NO5. The second kappa shape index (κ2) is 5.11. The maximum absolute atomic E-state index is 11.0. The van der Waals surface area contributed by atoms with Gasteiger partial charge in [0, 0.05) is 6.07 Å². The van der Waals surface area contributed by atoms with Crippen molar-refractivity contribution >= 4 is 11.8 Å². The van der Waals surface area contributed by atoms with Gasteiger partial charge in [-0.25, -0.2) is 4.79 Å². The van der Waals surface area contributed by atoms with Gasteiger partial charge < -0.3 is 9.47 Å². The highest BCUT2D eigenvalue weighted by molar-refractivity contribution is 5.66. The standard InChI is InChI=1S/C10H11NO5/c1-3-15-10(12)16-9-5-4-7(2)6-8(9)11(13)14/h4-6H,3H2,1-2H3. The molecule has 0 aliphatic carbocycles. The summed E-state index contributed by atoms with van der Waals surface area (Å²) in [6.07, 6.45) is -0.950. The molecule has 0 saturated heterocycles. The summed E-state index contributed by atoms with van der Waals surface area (Å²) in [5.41, 5.74) is 0.455. The first-order chi connectivity index (χ1) is 7.54. The van der Waals surface area contributed by atoms with E-state index in [9.17, 15) is 14.9 Å². The topological polar surface area (TPSA) is 78.7 Å². The lowest BCUT2D eigenvalue weighted by Crippen LogP contribution is -2.11. The maximum atomic E-state index is 11.0. The van der Waals surface area contributed by atoms with Crippen LogP contribution < -0.4 is 4.74 Å². The minimum absolute atomic E-state index is 0.117. The van der Waals surface area contributed by atoms with E-state index in [2.05, 4.69) is 4.74 Å². The van der Waals surface area contributed by atoms with Gasteiger partial charge in [-0.05, 0) is 25.5 Å². The van der Waals surface area contributed by atoms with Crippen molar-refractivity contribution in [2.75, 3.05) is 6.61 Å². The third-order valence-electron chi connectivity index (χ3n) is 1.77. The van der Waals surface area contributed by atoms with Crippen LogP contribution in [0.1, 0.15) is 12.5 Å². The van der Waals surface area contributed by atoms with Gasteiger partial charge in [0.15, 0.2) is 0 Å². The fourth-order valence-electron chi connectivity index (χ4n) is 1.09. The Balaban J connectivity index is 2.95. The minimum atomic E-state index is -0.950. The van der Waals surface area contributed by atoms with Crippen molar-refractivity contribution in [2.24, 2.45) is 0 Å². The van der Waals surface area contributed by atoms with E-state index in [-0.39, 0.29) is 18.0 Å². The Morgan fingerprint density at radius 2 is 2.19 bits per heavy atom. The first-order valence-corrected chi connectivity index (χ1v) is 4.64. The highest BCUT2D eigenvalue weighted by Gasteiger charge is 2.18. The lowest BCUT2D eigenvalue weighted by molar-refractivity contribution is -0.385. The quantitative estimate of drug-likeness (QED) is 0.341. The fraction of sp³-hybridized carbons (Fsp3) is 0.300. The molecule has 16 heavy (non-hydrogen) atoms. The third-order valence-corrected chi connectivity index (χ3v) is 1.77. The number of nitro benzene ring substituents is 1. The van der Waals surface area contributed by atoms with Crippen LogP contribution in [0.4, 0.5) is 10.5 Å². The number of carbonyl (C=O) groups excluding carboxylic acids is 1. The van der Waals surface area contributed by atoms with Crippen molar-refractivity contribution in [3.63, 3.8) is 0 Å². The van der Waals surface area contributed by atoms with Crippen molar-refractivity contribution in [1.29, 1.82) is 0 Å². The summed E-state index contributed by atoms with van der Waals surface area (Å²) in [6, 6.07) is 4.31. The van der Waals surface area contributed by atoms with Gasteiger partial charge >= 0.3 is 11.8 Å². The van der Waals surface area contributed by atoms with Gasteiger partial charge in [-0.15, -0.1) is 0 Å². The average Bonchev–Trinajstić information content (AvgIpc) is 2.20. The van der Waals surface area contributed by atoms with E-state index in [0.717, 1.165) is 0 Å². The molecule has 0 aliphatic heterocycles. The minimum Gasteiger partial charge on any atom is -0.434 e. The van der Waals surface area contributed by atoms with E-state index in [1.165, 1.54) is 12.1 Å². The molecular weight excluding hydrogens is 214 g/mol. The number of benzene rings is 1. The monoisotopic (exact) mass is 225 g/mol. The Hall–Kier alpha value is -2.11. The predicted octanol–water partition coefficient (Wildman–Crippen LogP) is 2.44. The molecule has 0 spiro atoms. The van der Waals surface area contributed by atoms with E-state index >= 15 is 0 Å². The van der Waals surface area contributed by atoms with Crippen LogP contribution in [0.15, 0.2) is 18.2 Å². The predicted molar refractivity (Wildman–Crippen MR) is 55.5 cm³/mol. The molecule has 0 N–H and O–H groups in total. The number of hydrogen-bond donors (Lipinski definition) is 0. The Kier molecular flexibility index (Phi) is 3.82. The Bertz CT molecular complexity index is 416. The first-order valence-electron chi connectivity index (χ1n) is 4.64. The normalized spacial score (nSPS) is 9.62. The summed E-state index contributed by atoms with van der Waals surface area (Å²) in [7, 11) is 0. The number of ether oxygens (including phenoxy) is 2. The summed E-state index contributed by atoms with van der Waals surface area (Å²) in [5.74, 6) is -0.117. The summed E-state index contributed by atoms with van der Waals surface area (Å²) in [6.45, 7) is 3.48. The van der Waals surface area contributed by atoms with Gasteiger partial charge in [0.25, 0.3) is 0 Å².